The lowest BCUT2D eigenvalue weighted by molar-refractivity contribution is 0.0593. The van der Waals surface area contributed by atoms with Crippen molar-refractivity contribution in [2.24, 2.45) is 0 Å². The number of ether oxygens (including phenoxy) is 1. The highest BCUT2D eigenvalue weighted by molar-refractivity contribution is 5.87. The van der Waals surface area contributed by atoms with Crippen LogP contribution in [0.15, 0.2) is 24.5 Å². The van der Waals surface area contributed by atoms with Gasteiger partial charge in [-0.05, 0) is 19.1 Å². The molecule has 0 unspecified atom stereocenters. The molecule has 0 aliphatic carbocycles. The van der Waals surface area contributed by atoms with Crippen molar-refractivity contribution in [2.45, 2.75) is 13.5 Å². The largest absolute Gasteiger partial charge is 0.464 e. The first-order chi connectivity index (χ1) is 8.20. The highest BCUT2D eigenvalue weighted by Crippen LogP contribution is 2.06. The molecule has 0 aliphatic heterocycles. The van der Waals surface area contributed by atoms with Gasteiger partial charge in [0.05, 0.1) is 7.11 Å². The molecule has 0 saturated heterocycles. The Kier molecular flexibility index (Phi) is 3.13. The molecule has 17 heavy (non-hydrogen) atoms. The monoisotopic (exact) mass is 232 g/mol. The topological polar surface area (TPSA) is 69.9 Å². The van der Waals surface area contributed by atoms with Crippen LogP contribution in [-0.4, -0.2) is 32.8 Å². The lowest BCUT2D eigenvalue weighted by atomic mass is 10.4. The van der Waals surface area contributed by atoms with E-state index in [1.54, 1.807) is 29.2 Å². The third kappa shape index (κ3) is 2.47. The summed E-state index contributed by atoms with van der Waals surface area (Å²) in [6, 6.07) is 3.42. The van der Waals surface area contributed by atoms with Crippen molar-refractivity contribution in [3.05, 3.63) is 41.7 Å². The molecular weight excluding hydrogens is 220 g/mol. The van der Waals surface area contributed by atoms with Gasteiger partial charge in [-0.1, -0.05) is 0 Å². The predicted octanol–water partition coefficient (Wildman–Crippen LogP) is 0.816. The van der Waals surface area contributed by atoms with E-state index in [1.165, 1.54) is 7.11 Å². The molecule has 0 fully saturated rings. The fourth-order valence-electron chi connectivity index (χ4n) is 1.42. The summed E-state index contributed by atoms with van der Waals surface area (Å²) >= 11 is 0. The van der Waals surface area contributed by atoms with E-state index in [0.29, 0.717) is 18.1 Å². The van der Waals surface area contributed by atoms with Gasteiger partial charge in [0.2, 0.25) is 0 Å². The Bertz CT molecular complexity index is 522. The standard InChI is InChI=1S/C11H12N4O2/c1-8-6-9(11(16)17-2)14-15(8)7-10-12-4-3-5-13-10/h3-6H,7H2,1-2H3. The SMILES string of the molecule is COC(=O)c1cc(C)n(Cc2ncccn2)n1. The third-order valence-corrected chi connectivity index (χ3v) is 2.29. The molecule has 0 N–H and O–H groups in total. The molecule has 0 amide bonds. The van der Waals surface area contributed by atoms with Gasteiger partial charge in [0.15, 0.2) is 5.69 Å². The predicted molar refractivity (Wildman–Crippen MR) is 59.4 cm³/mol. The normalized spacial score (nSPS) is 10.2. The summed E-state index contributed by atoms with van der Waals surface area (Å²) in [5.74, 6) is 0.205. The molecule has 0 atom stereocenters. The Morgan fingerprint density at radius 3 is 2.76 bits per heavy atom. The molecule has 0 spiro atoms. The molecular formula is C11H12N4O2. The van der Waals surface area contributed by atoms with Crippen LogP contribution in [0.5, 0.6) is 0 Å². The molecule has 0 radical (unpaired) electrons. The first kappa shape index (κ1) is 11.3. The lowest BCUT2D eigenvalue weighted by Crippen LogP contribution is -2.09. The molecule has 6 heteroatoms. The van der Waals surface area contributed by atoms with E-state index >= 15 is 0 Å². The number of esters is 1. The van der Waals surface area contributed by atoms with Crippen molar-refractivity contribution in [3.63, 3.8) is 0 Å². The Labute approximate surface area is 98.3 Å². The second-order valence-electron chi connectivity index (χ2n) is 3.49. The van der Waals surface area contributed by atoms with Crippen LogP contribution in [0.4, 0.5) is 0 Å². The van der Waals surface area contributed by atoms with Crippen LogP contribution in [0.1, 0.15) is 22.0 Å². The first-order valence-corrected chi connectivity index (χ1v) is 5.09. The summed E-state index contributed by atoms with van der Waals surface area (Å²) in [4.78, 5) is 19.5. The summed E-state index contributed by atoms with van der Waals surface area (Å²) in [6.07, 6.45) is 3.34. The highest BCUT2D eigenvalue weighted by Gasteiger charge is 2.12. The fraction of sp³-hybridized carbons (Fsp3) is 0.273. The zero-order chi connectivity index (χ0) is 12.3. The number of methoxy groups -OCH3 is 1. The summed E-state index contributed by atoms with van der Waals surface area (Å²) in [7, 11) is 1.33. The molecule has 0 saturated carbocycles. The van der Waals surface area contributed by atoms with Crippen molar-refractivity contribution in [1.82, 2.24) is 19.7 Å². The van der Waals surface area contributed by atoms with Crippen LogP contribution in [0, 0.1) is 6.92 Å². The van der Waals surface area contributed by atoms with Crippen molar-refractivity contribution < 1.29 is 9.53 Å². The number of carbonyl (C=O) groups excluding carboxylic acids is 1. The van der Waals surface area contributed by atoms with Crippen LogP contribution in [0.2, 0.25) is 0 Å². The van der Waals surface area contributed by atoms with Crippen LogP contribution in [0.3, 0.4) is 0 Å². The van der Waals surface area contributed by atoms with Gasteiger partial charge in [0, 0.05) is 18.1 Å². The maximum absolute atomic E-state index is 11.3. The molecule has 2 aromatic heterocycles. The molecule has 2 heterocycles. The van der Waals surface area contributed by atoms with Gasteiger partial charge >= 0.3 is 5.97 Å². The minimum absolute atomic E-state index is 0.293. The first-order valence-electron chi connectivity index (χ1n) is 5.09. The summed E-state index contributed by atoms with van der Waals surface area (Å²) < 4.78 is 6.28. The van der Waals surface area contributed by atoms with Gasteiger partial charge in [0.1, 0.15) is 12.4 Å². The molecule has 2 aromatic rings. The minimum atomic E-state index is -0.444. The zero-order valence-corrected chi connectivity index (χ0v) is 9.62. The van der Waals surface area contributed by atoms with E-state index in [-0.39, 0.29) is 0 Å². The molecule has 0 aliphatic rings. The van der Waals surface area contributed by atoms with Crippen LogP contribution in [-0.2, 0) is 11.3 Å². The lowest BCUT2D eigenvalue weighted by Gasteiger charge is -2.01. The Balaban J connectivity index is 2.22. The van der Waals surface area contributed by atoms with Gasteiger partial charge < -0.3 is 4.74 Å². The number of aromatic nitrogens is 4. The summed E-state index contributed by atoms with van der Waals surface area (Å²) in [5.41, 5.74) is 1.15. The summed E-state index contributed by atoms with van der Waals surface area (Å²) in [5, 5.41) is 4.14. The minimum Gasteiger partial charge on any atom is -0.464 e. The number of rotatable bonds is 3. The molecule has 6 nitrogen and oxygen atoms in total. The van der Waals surface area contributed by atoms with E-state index in [0.717, 1.165) is 5.69 Å². The van der Waals surface area contributed by atoms with E-state index < -0.39 is 5.97 Å². The second-order valence-corrected chi connectivity index (χ2v) is 3.49. The van der Waals surface area contributed by atoms with Gasteiger partial charge in [-0.2, -0.15) is 5.10 Å². The number of hydrogen-bond acceptors (Lipinski definition) is 5. The van der Waals surface area contributed by atoms with Crippen molar-refractivity contribution >= 4 is 5.97 Å². The zero-order valence-electron chi connectivity index (χ0n) is 9.62. The third-order valence-electron chi connectivity index (χ3n) is 2.29. The highest BCUT2D eigenvalue weighted by atomic mass is 16.5. The van der Waals surface area contributed by atoms with Crippen LogP contribution < -0.4 is 0 Å². The second kappa shape index (κ2) is 4.73. The number of carbonyl (C=O) groups is 1. The maximum atomic E-state index is 11.3. The Morgan fingerprint density at radius 1 is 1.41 bits per heavy atom. The average Bonchev–Trinajstić information content (AvgIpc) is 2.71. The smallest absolute Gasteiger partial charge is 0.358 e. The molecule has 0 bridgehead atoms. The fourth-order valence-corrected chi connectivity index (χ4v) is 1.42. The van der Waals surface area contributed by atoms with Gasteiger partial charge in [-0.15, -0.1) is 0 Å². The number of hydrogen-bond donors (Lipinski definition) is 0. The van der Waals surface area contributed by atoms with E-state index in [1.807, 2.05) is 6.92 Å². The van der Waals surface area contributed by atoms with Crippen molar-refractivity contribution in [2.75, 3.05) is 7.11 Å². The molecule has 88 valence electrons. The summed E-state index contributed by atoms with van der Waals surface area (Å²) in [6.45, 7) is 2.30. The molecule has 2 rings (SSSR count). The molecule has 0 aromatic carbocycles. The quantitative estimate of drug-likeness (QED) is 0.732. The van der Waals surface area contributed by atoms with Crippen molar-refractivity contribution in [1.29, 1.82) is 0 Å². The van der Waals surface area contributed by atoms with E-state index in [2.05, 4.69) is 19.8 Å². The Hall–Kier alpha value is -2.24. The van der Waals surface area contributed by atoms with Crippen molar-refractivity contribution in [3.8, 4) is 0 Å². The van der Waals surface area contributed by atoms with E-state index in [9.17, 15) is 4.79 Å². The van der Waals surface area contributed by atoms with Gasteiger partial charge in [-0.25, -0.2) is 14.8 Å². The van der Waals surface area contributed by atoms with Crippen LogP contribution in [0.25, 0.3) is 0 Å². The van der Waals surface area contributed by atoms with Crippen LogP contribution >= 0.6 is 0 Å². The van der Waals surface area contributed by atoms with Gasteiger partial charge in [0.25, 0.3) is 0 Å². The maximum Gasteiger partial charge on any atom is 0.358 e. The Morgan fingerprint density at radius 2 is 2.12 bits per heavy atom. The number of nitrogens with zero attached hydrogens (tertiary/aromatic N) is 4. The van der Waals surface area contributed by atoms with E-state index in [4.69, 9.17) is 0 Å². The average molecular weight is 232 g/mol. The van der Waals surface area contributed by atoms with Gasteiger partial charge in [-0.3, -0.25) is 4.68 Å². The number of aryl methyl sites for hydroxylation is 1.